The number of carbonyl (C=O) groups is 6. The Morgan fingerprint density at radius 2 is 0.843 bits per heavy atom. The topological polar surface area (TPSA) is 222 Å². The Morgan fingerprint density at radius 3 is 1.22 bits per heavy atom. The van der Waals surface area contributed by atoms with E-state index in [-0.39, 0.29) is 58.0 Å². The smallest absolute Gasteiger partial charge is 0.430 e. The van der Waals surface area contributed by atoms with E-state index in [0.717, 1.165) is 22.3 Å². The molecule has 6 aliphatic heterocycles. The minimum absolute atomic E-state index is 0.0970. The number of ether oxygens (including phenoxy) is 13. The number of rotatable bonds is 8. The Bertz CT molecular complexity index is 1500. The van der Waals surface area contributed by atoms with E-state index < -0.39 is 55.4 Å². The van der Waals surface area contributed by atoms with Gasteiger partial charge in [-0.15, -0.1) is 0 Å². The van der Waals surface area contributed by atoms with Crippen LogP contribution < -0.4 is 0 Å². The molecule has 0 aliphatic carbocycles. The summed E-state index contributed by atoms with van der Waals surface area (Å²) >= 11 is 0. The number of cyclic esters (lactones) is 12. The molecule has 8 rings (SSSR count). The van der Waals surface area contributed by atoms with Crippen LogP contribution in [-0.4, -0.2) is 95.6 Å². The maximum atomic E-state index is 10.9. The molecule has 0 bridgehead atoms. The van der Waals surface area contributed by atoms with Gasteiger partial charge in [0.15, 0.2) is 31.0 Å². The van der Waals surface area contributed by atoms with E-state index >= 15 is 0 Å². The first-order valence-electron chi connectivity index (χ1n) is 15.5. The molecule has 6 heterocycles. The van der Waals surface area contributed by atoms with Crippen molar-refractivity contribution in [2.24, 2.45) is 0 Å². The van der Waals surface area contributed by atoms with Gasteiger partial charge in [-0.2, -0.15) is 0 Å². The normalized spacial score (nSPS) is 27.1. The summed E-state index contributed by atoms with van der Waals surface area (Å²) in [7, 11) is 0. The minimum atomic E-state index is -0.726. The second kappa shape index (κ2) is 16.2. The quantitative estimate of drug-likeness (QED) is 0.268. The van der Waals surface area contributed by atoms with E-state index in [1.807, 2.05) is 48.5 Å². The molecule has 0 saturated carbocycles. The Morgan fingerprint density at radius 1 is 0.451 bits per heavy atom. The van der Waals surface area contributed by atoms with E-state index in [2.05, 4.69) is 14.2 Å². The van der Waals surface area contributed by atoms with Crippen LogP contribution in [0.2, 0.25) is 0 Å². The molecular weight excluding hydrogens is 688 g/mol. The van der Waals surface area contributed by atoms with Crippen LogP contribution in [0.15, 0.2) is 48.5 Å². The van der Waals surface area contributed by atoms with Crippen molar-refractivity contribution < 1.29 is 90.3 Å². The van der Waals surface area contributed by atoms with Gasteiger partial charge in [-0.05, 0) is 28.3 Å². The number of carbonyl (C=O) groups excluding carboxylic acids is 6. The van der Waals surface area contributed by atoms with Gasteiger partial charge in [0, 0.05) is 6.42 Å². The second-order valence-electron chi connectivity index (χ2n) is 11.1. The lowest BCUT2D eigenvalue weighted by Gasteiger charge is -2.11. The van der Waals surface area contributed by atoms with E-state index in [0.29, 0.717) is 13.0 Å². The molecule has 0 aromatic heterocycles. The Labute approximate surface area is 287 Å². The molecule has 2 aromatic carbocycles. The zero-order chi connectivity index (χ0) is 35.7. The van der Waals surface area contributed by atoms with Crippen LogP contribution in [0.1, 0.15) is 53.1 Å². The van der Waals surface area contributed by atoms with Crippen LogP contribution in [0, 0.1) is 0 Å². The molecule has 6 aliphatic rings. The van der Waals surface area contributed by atoms with Gasteiger partial charge < -0.3 is 61.6 Å². The Hall–Kier alpha value is -5.98. The molecule has 51 heavy (non-hydrogen) atoms. The highest BCUT2D eigenvalue weighted by Gasteiger charge is 2.32. The SMILES string of the molecule is O=C1OCC(CCOC2COC(=O)O2)O1.O=C1OCC(c2ccc(C3COC(=O)O3)cc2)O1.O=C1OCC(c2cccc(C3COC(=O)O3)c2)O1. The van der Waals surface area contributed by atoms with E-state index in [9.17, 15) is 28.8 Å². The fraction of sp³-hybridized carbons (Fsp3) is 0.438. The maximum Gasteiger partial charge on any atom is 0.510 e. The molecule has 19 heteroatoms. The Kier molecular flexibility index (Phi) is 11.0. The van der Waals surface area contributed by atoms with Crippen molar-refractivity contribution >= 4 is 36.9 Å². The molecule has 2 aromatic rings. The Balaban J connectivity index is 0.000000133. The van der Waals surface area contributed by atoms with E-state index in [1.165, 1.54) is 0 Å². The first-order valence-corrected chi connectivity index (χ1v) is 15.5. The molecule has 19 nitrogen and oxygen atoms in total. The van der Waals surface area contributed by atoms with Crippen molar-refractivity contribution in [3.8, 4) is 0 Å². The highest BCUT2D eigenvalue weighted by Crippen LogP contribution is 2.30. The minimum Gasteiger partial charge on any atom is -0.430 e. The maximum absolute atomic E-state index is 10.9. The summed E-state index contributed by atoms with van der Waals surface area (Å²) in [5.41, 5.74) is 3.30. The zero-order valence-corrected chi connectivity index (χ0v) is 26.5. The fourth-order valence-electron chi connectivity index (χ4n) is 5.09. The lowest BCUT2D eigenvalue weighted by Crippen LogP contribution is -2.19. The van der Waals surface area contributed by atoms with Crippen LogP contribution in [0.3, 0.4) is 0 Å². The van der Waals surface area contributed by atoms with E-state index in [1.54, 1.807) is 0 Å². The van der Waals surface area contributed by atoms with Gasteiger partial charge in [0.1, 0.15) is 39.1 Å². The third kappa shape index (κ3) is 9.59. The van der Waals surface area contributed by atoms with Gasteiger partial charge in [0.25, 0.3) is 0 Å². The summed E-state index contributed by atoms with van der Waals surface area (Å²) < 4.78 is 62.4. The second-order valence-corrected chi connectivity index (χ2v) is 11.1. The largest absolute Gasteiger partial charge is 0.510 e. The third-order valence-electron chi connectivity index (χ3n) is 7.66. The van der Waals surface area contributed by atoms with Crippen LogP contribution >= 0.6 is 0 Å². The summed E-state index contributed by atoms with van der Waals surface area (Å²) in [5.74, 6) is 0. The highest BCUT2D eigenvalue weighted by molar-refractivity contribution is 5.64. The first-order chi connectivity index (χ1) is 24.7. The summed E-state index contributed by atoms with van der Waals surface area (Å²) in [4.78, 5) is 64.4. The van der Waals surface area contributed by atoms with Gasteiger partial charge in [-0.25, -0.2) is 28.8 Å². The van der Waals surface area contributed by atoms with Gasteiger partial charge >= 0.3 is 36.9 Å². The molecule has 6 atom stereocenters. The predicted octanol–water partition coefficient (Wildman–Crippen LogP) is 4.63. The van der Waals surface area contributed by atoms with Crippen molar-refractivity contribution in [3.63, 3.8) is 0 Å². The lowest BCUT2D eigenvalue weighted by atomic mass is 10.0. The van der Waals surface area contributed by atoms with Crippen molar-refractivity contribution in [2.75, 3.05) is 46.2 Å². The van der Waals surface area contributed by atoms with Crippen LogP contribution in [-0.2, 0) is 61.6 Å². The molecule has 6 saturated heterocycles. The van der Waals surface area contributed by atoms with Gasteiger partial charge in [-0.3, -0.25) is 0 Å². The van der Waals surface area contributed by atoms with Crippen molar-refractivity contribution in [2.45, 2.75) is 43.2 Å². The average Bonchev–Trinajstić information content (AvgIpc) is 3.99. The summed E-state index contributed by atoms with van der Waals surface area (Å²) in [6.07, 6.45) is -6.00. The lowest BCUT2D eigenvalue weighted by molar-refractivity contribution is -0.0827. The van der Waals surface area contributed by atoms with Crippen molar-refractivity contribution in [3.05, 3.63) is 70.8 Å². The van der Waals surface area contributed by atoms with Crippen molar-refractivity contribution in [1.29, 1.82) is 0 Å². The molecule has 272 valence electrons. The predicted molar refractivity (Wildman–Crippen MR) is 157 cm³/mol. The van der Waals surface area contributed by atoms with E-state index in [4.69, 9.17) is 47.4 Å². The zero-order valence-electron chi connectivity index (χ0n) is 26.5. The molecule has 0 radical (unpaired) electrons. The van der Waals surface area contributed by atoms with Gasteiger partial charge in [0.05, 0.1) is 6.61 Å². The highest BCUT2D eigenvalue weighted by atomic mass is 16.8. The van der Waals surface area contributed by atoms with Crippen LogP contribution in [0.5, 0.6) is 0 Å². The monoisotopic (exact) mass is 718 g/mol. The summed E-state index contributed by atoms with van der Waals surface area (Å²) in [6, 6.07) is 14.5. The van der Waals surface area contributed by atoms with Crippen LogP contribution in [0.25, 0.3) is 0 Å². The average molecular weight is 719 g/mol. The molecule has 0 N–H and O–H groups in total. The number of benzene rings is 2. The molecule has 0 amide bonds. The number of hydrogen-bond donors (Lipinski definition) is 0. The molecule has 0 spiro atoms. The summed E-state index contributed by atoms with van der Waals surface area (Å²) in [5, 5.41) is 0. The summed E-state index contributed by atoms with van der Waals surface area (Å²) in [6.45, 7) is 1.48. The first kappa shape index (κ1) is 34.9. The molecule has 6 unspecified atom stereocenters. The molecule has 6 fully saturated rings. The van der Waals surface area contributed by atoms with Gasteiger partial charge in [0.2, 0.25) is 6.29 Å². The third-order valence-corrected chi connectivity index (χ3v) is 7.66. The number of hydrogen-bond acceptors (Lipinski definition) is 19. The van der Waals surface area contributed by atoms with Gasteiger partial charge in [-0.1, -0.05) is 42.5 Å². The standard InChI is InChI=1S/2C12H10O6.C8H10O7/c13-11-15-5-9(17-11)7-1-2-8(4-3-7)10-6-16-12(14)18-10;13-11-15-5-9(17-11)7-2-1-3-8(4-7)10-6-16-12(14)18-10;9-7-12-3-5(14-7)1-2-11-6-4-13-8(10)15-6/h2*1-4,9-10H,5-6H2;5-6H,1-4H2. The van der Waals surface area contributed by atoms with Crippen LogP contribution in [0.4, 0.5) is 28.8 Å². The molecular formula is C32H30O19. The fourth-order valence-corrected chi connectivity index (χ4v) is 5.09. The van der Waals surface area contributed by atoms with Crippen molar-refractivity contribution in [1.82, 2.24) is 0 Å².